The molecule has 1 aliphatic heterocycles. The van der Waals surface area contributed by atoms with Gasteiger partial charge in [-0.3, -0.25) is 4.79 Å². The van der Waals surface area contributed by atoms with Crippen molar-refractivity contribution >= 4 is 35.8 Å². The Labute approximate surface area is 197 Å². The molecule has 1 atom stereocenters. The molecule has 3 rings (SSSR count). The first kappa shape index (κ1) is 24.7. The number of ether oxygens (including phenoxy) is 1. The minimum absolute atomic E-state index is 0. The number of halogens is 1. The van der Waals surface area contributed by atoms with Gasteiger partial charge >= 0.3 is 0 Å². The SMILES string of the molecule is CCNC(=NCc1cccc(OCC(N)=O)c1)NC1CCN(CC2CCCC2)C1.I. The van der Waals surface area contributed by atoms with Gasteiger partial charge in [-0.15, -0.1) is 24.0 Å². The zero-order valence-electron chi connectivity index (χ0n) is 17.9. The quantitative estimate of drug-likeness (QED) is 0.260. The van der Waals surface area contributed by atoms with E-state index in [-0.39, 0.29) is 30.6 Å². The molecule has 1 aliphatic carbocycles. The molecule has 30 heavy (non-hydrogen) atoms. The van der Waals surface area contributed by atoms with Crippen molar-refractivity contribution in [3.8, 4) is 5.75 Å². The highest BCUT2D eigenvalue weighted by Crippen LogP contribution is 2.26. The fraction of sp³-hybridized carbons (Fsp3) is 0.636. The largest absolute Gasteiger partial charge is 0.484 e. The number of hydrogen-bond acceptors (Lipinski definition) is 4. The number of benzene rings is 1. The summed E-state index contributed by atoms with van der Waals surface area (Å²) in [6.45, 7) is 6.86. The zero-order valence-corrected chi connectivity index (χ0v) is 20.3. The Morgan fingerprint density at radius 2 is 2.10 bits per heavy atom. The minimum Gasteiger partial charge on any atom is -0.484 e. The number of rotatable bonds is 9. The average Bonchev–Trinajstić information content (AvgIpc) is 3.37. The van der Waals surface area contributed by atoms with Gasteiger partial charge in [-0.05, 0) is 49.8 Å². The lowest BCUT2D eigenvalue weighted by atomic mass is 10.1. The van der Waals surface area contributed by atoms with Crippen LogP contribution >= 0.6 is 24.0 Å². The summed E-state index contributed by atoms with van der Waals surface area (Å²) in [5, 5.41) is 6.95. The molecule has 1 aromatic carbocycles. The smallest absolute Gasteiger partial charge is 0.255 e. The van der Waals surface area contributed by atoms with Crippen molar-refractivity contribution in [1.29, 1.82) is 0 Å². The Kier molecular flexibility index (Phi) is 10.7. The Balaban J connectivity index is 0.00000320. The van der Waals surface area contributed by atoms with E-state index in [9.17, 15) is 4.79 Å². The fourth-order valence-electron chi connectivity index (χ4n) is 4.25. The number of primary amides is 1. The summed E-state index contributed by atoms with van der Waals surface area (Å²) < 4.78 is 5.38. The third kappa shape index (κ3) is 8.29. The molecule has 2 aliphatic rings. The Morgan fingerprint density at radius 1 is 1.30 bits per heavy atom. The van der Waals surface area contributed by atoms with E-state index in [0.29, 0.717) is 18.3 Å². The van der Waals surface area contributed by atoms with Crippen LogP contribution in [0.3, 0.4) is 0 Å². The number of guanidine groups is 1. The predicted molar refractivity (Wildman–Crippen MR) is 131 cm³/mol. The number of carbonyl (C=O) groups excluding carboxylic acids is 1. The zero-order chi connectivity index (χ0) is 20.5. The molecule has 8 heteroatoms. The monoisotopic (exact) mass is 529 g/mol. The first-order valence-electron chi connectivity index (χ1n) is 10.9. The highest BCUT2D eigenvalue weighted by molar-refractivity contribution is 14.0. The van der Waals surface area contributed by atoms with E-state index in [1.54, 1.807) is 0 Å². The van der Waals surface area contributed by atoms with Crippen LogP contribution in [-0.4, -0.2) is 55.6 Å². The lowest BCUT2D eigenvalue weighted by molar-refractivity contribution is -0.119. The molecule has 4 N–H and O–H groups in total. The van der Waals surface area contributed by atoms with Gasteiger partial charge < -0.3 is 26.0 Å². The lowest BCUT2D eigenvalue weighted by Crippen LogP contribution is -2.44. The molecule has 1 unspecified atom stereocenters. The minimum atomic E-state index is -0.481. The van der Waals surface area contributed by atoms with Gasteiger partial charge in [-0.2, -0.15) is 0 Å². The van der Waals surface area contributed by atoms with E-state index < -0.39 is 5.91 Å². The molecular formula is C22H36IN5O2. The fourth-order valence-corrected chi connectivity index (χ4v) is 4.25. The second-order valence-corrected chi connectivity index (χ2v) is 8.14. The molecule has 2 fully saturated rings. The first-order chi connectivity index (χ1) is 14.1. The summed E-state index contributed by atoms with van der Waals surface area (Å²) in [4.78, 5) is 18.2. The van der Waals surface area contributed by atoms with Crippen LogP contribution in [0.1, 0.15) is 44.6 Å². The van der Waals surface area contributed by atoms with Gasteiger partial charge in [-0.1, -0.05) is 25.0 Å². The van der Waals surface area contributed by atoms with Crippen LogP contribution in [0, 0.1) is 5.92 Å². The number of nitrogens with zero attached hydrogens (tertiary/aromatic N) is 2. The van der Waals surface area contributed by atoms with Crippen LogP contribution < -0.4 is 21.1 Å². The summed E-state index contributed by atoms with van der Waals surface area (Å²) in [6, 6.07) is 8.06. The molecule has 1 saturated heterocycles. The summed E-state index contributed by atoms with van der Waals surface area (Å²) >= 11 is 0. The van der Waals surface area contributed by atoms with Gasteiger partial charge in [0.15, 0.2) is 12.6 Å². The van der Waals surface area contributed by atoms with Crippen molar-refractivity contribution in [1.82, 2.24) is 15.5 Å². The topological polar surface area (TPSA) is 92.0 Å². The second-order valence-electron chi connectivity index (χ2n) is 8.14. The van der Waals surface area contributed by atoms with Gasteiger partial charge in [0.1, 0.15) is 5.75 Å². The molecule has 1 aromatic rings. The molecule has 0 radical (unpaired) electrons. The van der Waals surface area contributed by atoms with Crippen molar-refractivity contribution in [2.24, 2.45) is 16.6 Å². The van der Waals surface area contributed by atoms with Gasteiger partial charge in [0.2, 0.25) is 0 Å². The summed E-state index contributed by atoms with van der Waals surface area (Å²) in [5.41, 5.74) is 6.16. The highest BCUT2D eigenvalue weighted by atomic mass is 127. The number of likely N-dealkylation sites (tertiary alicyclic amines) is 1. The van der Waals surface area contributed by atoms with Crippen molar-refractivity contribution < 1.29 is 9.53 Å². The molecule has 0 spiro atoms. The standard InChI is InChI=1S/C22H35N5O2.HI/c1-2-24-22(25-13-18-8-5-9-20(12-18)29-16-21(23)28)26-19-10-11-27(15-19)14-17-6-3-4-7-17;/h5,8-9,12,17,19H,2-4,6-7,10-11,13-16H2,1H3,(H2,23,28)(H2,24,25,26);1H. The van der Waals surface area contributed by atoms with Crippen molar-refractivity contribution in [3.63, 3.8) is 0 Å². The van der Waals surface area contributed by atoms with Crippen LogP contribution in [0.2, 0.25) is 0 Å². The van der Waals surface area contributed by atoms with E-state index in [4.69, 9.17) is 15.5 Å². The maximum Gasteiger partial charge on any atom is 0.255 e. The molecule has 0 bridgehead atoms. The molecule has 1 amide bonds. The van der Waals surface area contributed by atoms with Crippen LogP contribution in [0.5, 0.6) is 5.75 Å². The van der Waals surface area contributed by atoms with E-state index >= 15 is 0 Å². The maximum atomic E-state index is 10.9. The normalized spacial score (nSPS) is 20.0. The number of nitrogens with one attached hydrogen (secondary N) is 2. The third-order valence-electron chi connectivity index (χ3n) is 5.65. The number of nitrogens with two attached hydrogens (primary N) is 1. The molecule has 1 heterocycles. The number of aliphatic imine (C=N–C) groups is 1. The van der Waals surface area contributed by atoms with Crippen LogP contribution in [-0.2, 0) is 11.3 Å². The molecule has 0 aromatic heterocycles. The van der Waals surface area contributed by atoms with Crippen LogP contribution in [0.4, 0.5) is 0 Å². The summed E-state index contributed by atoms with van der Waals surface area (Å²) in [6.07, 6.45) is 6.79. The molecule has 168 valence electrons. The van der Waals surface area contributed by atoms with Gasteiger partial charge in [0.25, 0.3) is 5.91 Å². The van der Waals surface area contributed by atoms with Gasteiger partial charge in [0.05, 0.1) is 6.54 Å². The van der Waals surface area contributed by atoms with Gasteiger partial charge in [-0.25, -0.2) is 4.99 Å². The summed E-state index contributed by atoms with van der Waals surface area (Å²) in [5.74, 6) is 1.90. The van der Waals surface area contributed by atoms with E-state index in [0.717, 1.165) is 37.0 Å². The van der Waals surface area contributed by atoms with Crippen LogP contribution in [0.25, 0.3) is 0 Å². The predicted octanol–water partition coefficient (Wildman–Crippen LogP) is 2.49. The average molecular weight is 529 g/mol. The van der Waals surface area contributed by atoms with E-state index in [2.05, 4.69) is 22.5 Å². The van der Waals surface area contributed by atoms with Crippen molar-refractivity contribution in [2.75, 3.05) is 32.8 Å². The number of amides is 1. The summed E-state index contributed by atoms with van der Waals surface area (Å²) in [7, 11) is 0. The first-order valence-corrected chi connectivity index (χ1v) is 10.9. The maximum absolute atomic E-state index is 10.9. The number of carbonyl (C=O) groups is 1. The van der Waals surface area contributed by atoms with E-state index in [1.807, 2.05) is 24.3 Å². The Bertz CT molecular complexity index is 694. The van der Waals surface area contributed by atoms with Gasteiger partial charge in [0, 0.05) is 32.2 Å². The van der Waals surface area contributed by atoms with Crippen molar-refractivity contribution in [2.45, 2.75) is 51.6 Å². The third-order valence-corrected chi connectivity index (χ3v) is 5.65. The van der Waals surface area contributed by atoms with Crippen molar-refractivity contribution in [3.05, 3.63) is 29.8 Å². The van der Waals surface area contributed by atoms with Crippen LogP contribution in [0.15, 0.2) is 29.3 Å². The molecular weight excluding hydrogens is 493 g/mol. The Hall–Kier alpha value is -1.55. The highest BCUT2D eigenvalue weighted by Gasteiger charge is 2.26. The van der Waals surface area contributed by atoms with E-state index in [1.165, 1.54) is 38.8 Å². The molecule has 7 nitrogen and oxygen atoms in total. The second kappa shape index (κ2) is 13.0. The number of hydrogen-bond donors (Lipinski definition) is 3. The Morgan fingerprint density at radius 3 is 2.83 bits per heavy atom. The lowest BCUT2D eigenvalue weighted by Gasteiger charge is -2.21. The molecule has 1 saturated carbocycles.